The van der Waals surface area contributed by atoms with Crippen LogP contribution in [0.1, 0.15) is 6.42 Å². The van der Waals surface area contributed by atoms with E-state index in [0.29, 0.717) is 6.54 Å². The monoisotopic (exact) mass is 375 g/mol. The van der Waals surface area contributed by atoms with Gasteiger partial charge in [-0.05, 0) is 35.4 Å². The van der Waals surface area contributed by atoms with E-state index in [4.69, 9.17) is 9.47 Å². The van der Waals surface area contributed by atoms with E-state index >= 15 is 0 Å². The van der Waals surface area contributed by atoms with Crippen molar-refractivity contribution in [3.8, 4) is 16.9 Å². The molecule has 0 spiro atoms. The van der Waals surface area contributed by atoms with E-state index in [2.05, 4.69) is 41.2 Å². The number of methoxy groups -OCH3 is 1. The molecule has 1 fully saturated rings. The zero-order valence-corrected chi connectivity index (χ0v) is 15.8. The molecule has 2 heterocycles. The second-order valence-corrected chi connectivity index (χ2v) is 6.79. The van der Waals surface area contributed by atoms with Crippen molar-refractivity contribution >= 4 is 11.8 Å². The number of benzene rings is 2. The highest BCUT2D eigenvalue weighted by Gasteiger charge is 2.32. The number of hydrogen-bond donors (Lipinski definition) is 0. The summed E-state index contributed by atoms with van der Waals surface area (Å²) in [6.07, 6.45) is 4.50. The second-order valence-electron chi connectivity index (χ2n) is 6.79. The predicted octanol–water partition coefficient (Wildman–Crippen LogP) is 4.07. The number of carbonyl (C=O) groups excluding carboxylic acids is 1. The van der Waals surface area contributed by atoms with Crippen LogP contribution in [-0.4, -0.2) is 25.9 Å². The zero-order valence-electron chi connectivity index (χ0n) is 15.8. The number of hydrogen-bond acceptors (Lipinski definition) is 3. The molecule has 0 N–H and O–H groups in total. The first-order valence-electron chi connectivity index (χ1n) is 9.39. The number of pyridine rings is 1. The van der Waals surface area contributed by atoms with Crippen molar-refractivity contribution in [1.29, 1.82) is 0 Å². The van der Waals surface area contributed by atoms with Gasteiger partial charge in [-0.15, -0.1) is 0 Å². The van der Waals surface area contributed by atoms with E-state index < -0.39 is 0 Å². The summed E-state index contributed by atoms with van der Waals surface area (Å²) in [5.41, 5.74) is 3.22. The molecule has 1 unspecified atom stereocenters. The van der Waals surface area contributed by atoms with Crippen LogP contribution in [0.15, 0.2) is 79.1 Å². The molecule has 5 nitrogen and oxygen atoms in total. The molecule has 1 atom stereocenters. The molecule has 3 aromatic rings. The Balaban J connectivity index is 1.34. The molecule has 0 radical (unpaired) electrons. The van der Waals surface area contributed by atoms with Crippen LogP contribution >= 0.6 is 0 Å². The SMILES string of the molecule is COc1ccc(N2CC(CC[n+]3ccc(-c4ccccc4)cc3)OC2=O)cc1. The molecular formula is C23H23N2O3+. The van der Waals surface area contributed by atoms with Crippen molar-refractivity contribution in [1.82, 2.24) is 0 Å². The van der Waals surface area contributed by atoms with Gasteiger partial charge in [0.15, 0.2) is 18.9 Å². The maximum Gasteiger partial charge on any atom is 0.414 e. The quantitative estimate of drug-likeness (QED) is 0.610. The van der Waals surface area contributed by atoms with Gasteiger partial charge in [0.05, 0.1) is 13.7 Å². The van der Waals surface area contributed by atoms with Gasteiger partial charge < -0.3 is 9.47 Å². The fourth-order valence-electron chi connectivity index (χ4n) is 3.37. The van der Waals surface area contributed by atoms with Crippen molar-refractivity contribution < 1.29 is 18.8 Å². The number of aromatic nitrogens is 1. The van der Waals surface area contributed by atoms with Crippen LogP contribution in [0.3, 0.4) is 0 Å². The average molecular weight is 375 g/mol. The van der Waals surface area contributed by atoms with Crippen LogP contribution in [0.5, 0.6) is 5.75 Å². The smallest absolute Gasteiger partial charge is 0.414 e. The Morgan fingerprint density at radius 1 is 1.00 bits per heavy atom. The molecule has 4 rings (SSSR count). The van der Waals surface area contributed by atoms with E-state index in [9.17, 15) is 4.79 Å². The third-order valence-corrected chi connectivity index (χ3v) is 4.97. The lowest BCUT2D eigenvalue weighted by atomic mass is 10.1. The van der Waals surface area contributed by atoms with E-state index in [1.807, 2.05) is 42.5 Å². The maximum absolute atomic E-state index is 12.2. The standard InChI is InChI=1S/C23H23N2O3/c1-27-21-9-7-20(8-10-21)25-17-22(28-23(25)26)13-16-24-14-11-19(12-15-24)18-5-3-2-4-6-18/h2-12,14-15,22H,13,16-17H2,1H3/q+1. The summed E-state index contributed by atoms with van der Waals surface area (Å²) in [6, 6.07) is 22.0. The Bertz CT molecular complexity index is 924. The molecule has 0 aliphatic carbocycles. The highest BCUT2D eigenvalue weighted by Crippen LogP contribution is 2.25. The van der Waals surface area contributed by atoms with Gasteiger partial charge >= 0.3 is 6.09 Å². The Labute approximate surface area is 164 Å². The molecule has 142 valence electrons. The first kappa shape index (κ1) is 18.0. The summed E-state index contributed by atoms with van der Waals surface area (Å²) in [5, 5.41) is 0. The molecule has 1 aliphatic rings. The van der Waals surface area contributed by atoms with E-state index in [-0.39, 0.29) is 12.2 Å². The number of cyclic esters (lactones) is 1. The van der Waals surface area contributed by atoms with Crippen molar-refractivity contribution in [3.05, 3.63) is 79.1 Å². The zero-order chi connectivity index (χ0) is 19.3. The normalized spacial score (nSPS) is 16.1. The van der Waals surface area contributed by atoms with Crippen molar-refractivity contribution in [2.75, 3.05) is 18.6 Å². The number of carbonyl (C=O) groups is 1. The summed E-state index contributed by atoms with van der Waals surface area (Å²) >= 11 is 0. The molecule has 1 amide bonds. The summed E-state index contributed by atoms with van der Waals surface area (Å²) in [7, 11) is 1.62. The third-order valence-electron chi connectivity index (χ3n) is 4.97. The number of ether oxygens (including phenoxy) is 2. The lowest BCUT2D eigenvalue weighted by Crippen LogP contribution is -2.35. The molecule has 0 bridgehead atoms. The third kappa shape index (κ3) is 3.98. The van der Waals surface area contributed by atoms with Crippen LogP contribution in [0, 0.1) is 0 Å². The van der Waals surface area contributed by atoms with Gasteiger partial charge in [-0.1, -0.05) is 30.3 Å². The van der Waals surface area contributed by atoms with Crippen LogP contribution in [0.2, 0.25) is 0 Å². The Morgan fingerprint density at radius 3 is 2.36 bits per heavy atom. The fourth-order valence-corrected chi connectivity index (χ4v) is 3.37. The molecule has 28 heavy (non-hydrogen) atoms. The minimum Gasteiger partial charge on any atom is -0.497 e. The van der Waals surface area contributed by atoms with E-state index in [0.717, 1.165) is 24.4 Å². The lowest BCUT2D eigenvalue weighted by molar-refractivity contribution is -0.698. The minimum atomic E-state index is -0.292. The fraction of sp³-hybridized carbons (Fsp3) is 0.217. The van der Waals surface area contributed by atoms with E-state index in [1.165, 1.54) is 11.1 Å². The minimum absolute atomic E-state index is 0.115. The molecular weight excluding hydrogens is 352 g/mol. The Morgan fingerprint density at radius 2 is 1.68 bits per heavy atom. The highest BCUT2D eigenvalue weighted by atomic mass is 16.6. The van der Waals surface area contributed by atoms with Crippen molar-refractivity contribution in [2.45, 2.75) is 19.1 Å². The first-order valence-corrected chi connectivity index (χ1v) is 9.39. The van der Waals surface area contributed by atoms with Gasteiger partial charge in [-0.2, -0.15) is 0 Å². The van der Waals surface area contributed by atoms with Crippen molar-refractivity contribution in [2.24, 2.45) is 0 Å². The number of amides is 1. The van der Waals surface area contributed by atoms with Gasteiger partial charge in [0.1, 0.15) is 11.9 Å². The number of rotatable bonds is 6. The molecule has 2 aromatic carbocycles. The van der Waals surface area contributed by atoms with Crippen LogP contribution in [-0.2, 0) is 11.3 Å². The Kier molecular flexibility index (Phi) is 5.24. The van der Waals surface area contributed by atoms with Gasteiger partial charge in [-0.25, -0.2) is 9.36 Å². The number of nitrogens with zero attached hydrogens (tertiary/aromatic N) is 2. The molecule has 1 aliphatic heterocycles. The van der Waals surface area contributed by atoms with Gasteiger partial charge in [-0.3, -0.25) is 4.90 Å². The van der Waals surface area contributed by atoms with Crippen LogP contribution < -0.4 is 14.2 Å². The molecule has 0 saturated carbocycles. The molecule has 5 heteroatoms. The summed E-state index contributed by atoms with van der Waals surface area (Å²) < 4.78 is 12.8. The molecule has 1 saturated heterocycles. The highest BCUT2D eigenvalue weighted by molar-refractivity contribution is 5.89. The predicted molar refractivity (Wildman–Crippen MR) is 107 cm³/mol. The van der Waals surface area contributed by atoms with E-state index in [1.54, 1.807) is 12.0 Å². The summed E-state index contributed by atoms with van der Waals surface area (Å²) in [6.45, 7) is 1.36. The number of aryl methyl sites for hydroxylation is 1. The van der Waals surface area contributed by atoms with Gasteiger partial charge in [0, 0.05) is 24.2 Å². The lowest BCUT2D eigenvalue weighted by Gasteiger charge is -2.13. The largest absolute Gasteiger partial charge is 0.497 e. The average Bonchev–Trinajstić information content (AvgIpc) is 3.14. The number of anilines is 1. The van der Waals surface area contributed by atoms with Crippen molar-refractivity contribution in [3.63, 3.8) is 0 Å². The van der Waals surface area contributed by atoms with Gasteiger partial charge in [0.2, 0.25) is 0 Å². The topological polar surface area (TPSA) is 42.7 Å². The summed E-state index contributed by atoms with van der Waals surface area (Å²) in [4.78, 5) is 13.9. The van der Waals surface area contributed by atoms with Gasteiger partial charge in [0.25, 0.3) is 0 Å². The second kappa shape index (κ2) is 8.13. The first-order chi connectivity index (χ1) is 13.7. The van der Waals surface area contributed by atoms with Crippen LogP contribution in [0.4, 0.5) is 10.5 Å². The van der Waals surface area contributed by atoms with Crippen LogP contribution in [0.25, 0.3) is 11.1 Å². The maximum atomic E-state index is 12.2. The summed E-state index contributed by atoms with van der Waals surface area (Å²) in [5.74, 6) is 0.767. The molecule has 1 aromatic heterocycles. The Hall–Kier alpha value is -3.34.